The number of benzene rings is 2. The standard InChI is InChI=1S/C14H9NOS.C3H8/c16-9-10-5-1-2-6-11(10)14-15-12-7-3-4-8-13(12)17-14;1-3-2/h1-9H;3H2,1-2H3. The van der Waals surface area contributed by atoms with Crippen molar-refractivity contribution in [3.8, 4) is 10.6 Å². The Kier molecular flexibility index (Phi) is 5.02. The zero-order chi connectivity index (χ0) is 14.4. The summed E-state index contributed by atoms with van der Waals surface area (Å²) in [6.45, 7) is 4.25. The number of hydrogen-bond donors (Lipinski definition) is 0. The van der Waals surface area contributed by atoms with Gasteiger partial charge in [0.1, 0.15) is 5.01 Å². The molecule has 0 atom stereocenters. The van der Waals surface area contributed by atoms with Gasteiger partial charge >= 0.3 is 0 Å². The Labute approximate surface area is 123 Å². The minimum absolute atomic E-state index is 0.687. The van der Waals surface area contributed by atoms with Crippen LogP contribution in [0.1, 0.15) is 30.6 Å². The number of nitrogens with zero attached hydrogens (tertiary/aromatic N) is 1. The van der Waals surface area contributed by atoms with Crippen LogP contribution in [0, 0.1) is 0 Å². The Morgan fingerprint density at radius 2 is 1.70 bits per heavy atom. The van der Waals surface area contributed by atoms with E-state index in [9.17, 15) is 4.79 Å². The third-order valence-corrected chi connectivity index (χ3v) is 3.68. The van der Waals surface area contributed by atoms with Crippen LogP contribution in [0.15, 0.2) is 48.5 Å². The fraction of sp³-hybridized carbons (Fsp3) is 0.176. The van der Waals surface area contributed by atoms with Gasteiger partial charge in [0.25, 0.3) is 0 Å². The first-order valence-corrected chi connectivity index (χ1v) is 7.52. The van der Waals surface area contributed by atoms with E-state index in [0.29, 0.717) is 5.56 Å². The average Bonchev–Trinajstić information content (AvgIpc) is 2.91. The van der Waals surface area contributed by atoms with Crippen molar-refractivity contribution in [2.45, 2.75) is 20.3 Å². The monoisotopic (exact) mass is 283 g/mol. The van der Waals surface area contributed by atoms with Gasteiger partial charge in [-0.1, -0.05) is 56.7 Å². The van der Waals surface area contributed by atoms with E-state index in [1.807, 2.05) is 48.5 Å². The minimum atomic E-state index is 0.687. The molecule has 20 heavy (non-hydrogen) atoms. The molecule has 0 N–H and O–H groups in total. The Bertz CT molecular complexity index is 670. The quantitative estimate of drug-likeness (QED) is 0.606. The molecular weight excluding hydrogens is 266 g/mol. The van der Waals surface area contributed by atoms with Crippen LogP contribution in [-0.4, -0.2) is 11.3 Å². The lowest BCUT2D eigenvalue weighted by Gasteiger charge is -1.98. The molecule has 0 fully saturated rings. The van der Waals surface area contributed by atoms with Crippen LogP contribution < -0.4 is 0 Å². The van der Waals surface area contributed by atoms with Gasteiger partial charge < -0.3 is 0 Å². The van der Waals surface area contributed by atoms with Crippen LogP contribution >= 0.6 is 11.3 Å². The van der Waals surface area contributed by atoms with Gasteiger partial charge in [-0.05, 0) is 12.1 Å². The molecule has 0 radical (unpaired) electrons. The van der Waals surface area contributed by atoms with Crippen LogP contribution in [0.4, 0.5) is 0 Å². The molecule has 2 aromatic carbocycles. The van der Waals surface area contributed by atoms with Crippen molar-refractivity contribution < 1.29 is 4.79 Å². The Morgan fingerprint density at radius 1 is 1.05 bits per heavy atom. The topological polar surface area (TPSA) is 30.0 Å². The van der Waals surface area contributed by atoms with E-state index in [1.54, 1.807) is 11.3 Å². The van der Waals surface area contributed by atoms with Crippen molar-refractivity contribution in [2.75, 3.05) is 0 Å². The first-order valence-electron chi connectivity index (χ1n) is 6.70. The van der Waals surface area contributed by atoms with Crippen molar-refractivity contribution in [3.63, 3.8) is 0 Å². The van der Waals surface area contributed by atoms with Gasteiger partial charge in [-0.3, -0.25) is 4.79 Å². The van der Waals surface area contributed by atoms with Crippen LogP contribution in [0.5, 0.6) is 0 Å². The summed E-state index contributed by atoms with van der Waals surface area (Å²) in [4.78, 5) is 15.5. The van der Waals surface area contributed by atoms with Crippen molar-refractivity contribution in [1.82, 2.24) is 4.98 Å². The number of thiazole rings is 1. The maximum Gasteiger partial charge on any atom is 0.150 e. The van der Waals surface area contributed by atoms with E-state index < -0.39 is 0 Å². The summed E-state index contributed by atoms with van der Waals surface area (Å²) >= 11 is 1.61. The number of aromatic nitrogens is 1. The number of carbonyl (C=O) groups is 1. The summed E-state index contributed by atoms with van der Waals surface area (Å²) in [6.07, 6.45) is 2.13. The summed E-state index contributed by atoms with van der Waals surface area (Å²) in [5.41, 5.74) is 2.57. The highest BCUT2D eigenvalue weighted by Gasteiger charge is 2.08. The first-order chi connectivity index (χ1) is 9.80. The number of rotatable bonds is 2. The fourth-order valence-electron chi connectivity index (χ4n) is 1.78. The largest absolute Gasteiger partial charge is 0.298 e. The molecule has 0 unspecified atom stereocenters. The van der Waals surface area contributed by atoms with Gasteiger partial charge in [0.2, 0.25) is 0 Å². The highest BCUT2D eigenvalue weighted by Crippen LogP contribution is 2.31. The van der Waals surface area contributed by atoms with E-state index >= 15 is 0 Å². The van der Waals surface area contributed by atoms with Crippen molar-refractivity contribution in [2.24, 2.45) is 0 Å². The van der Waals surface area contributed by atoms with Crippen molar-refractivity contribution in [3.05, 3.63) is 54.1 Å². The van der Waals surface area contributed by atoms with E-state index in [0.717, 1.165) is 27.1 Å². The lowest BCUT2D eigenvalue weighted by molar-refractivity contribution is 0.112. The smallest absolute Gasteiger partial charge is 0.150 e. The average molecular weight is 283 g/mol. The summed E-state index contributed by atoms with van der Waals surface area (Å²) in [7, 11) is 0. The molecule has 0 spiro atoms. The second-order valence-corrected chi connectivity index (χ2v) is 5.43. The second kappa shape index (κ2) is 6.96. The molecule has 0 aliphatic carbocycles. The Morgan fingerprint density at radius 3 is 2.40 bits per heavy atom. The minimum Gasteiger partial charge on any atom is -0.298 e. The Hall–Kier alpha value is -2.00. The molecule has 3 heteroatoms. The molecule has 3 aromatic rings. The number of aldehydes is 1. The van der Waals surface area contributed by atoms with E-state index in [-0.39, 0.29) is 0 Å². The molecule has 0 saturated heterocycles. The number of hydrogen-bond acceptors (Lipinski definition) is 3. The van der Waals surface area contributed by atoms with Crippen LogP contribution in [0.2, 0.25) is 0 Å². The predicted molar refractivity (Wildman–Crippen MR) is 86.4 cm³/mol. The molecule has 0 saturated carbocycles. The molecule has 1 heterocycles. The van der Waals surface area contributed by atoms with Gasteiger partial charge in [-0.15, -0.1) is 11.3 Å². The number of para-hydroxylation sites is 1. The Balaban J connectivity index is 0.000000452. The molecule has 2 nitrogen and oxygen atoms in total. The highest BCUT2D eigenvalue weighted by atomic mass is 32.1. The van der Waals surface area contributed by atoms with Crippen LogP contribution in [0.25, 0.3) is 20.8 Å². The van der Waals surface area contributed by atoms with Gasteiger partial charge in [0.15, 0.2) is 6.29 Å². The third kappa shape index (κ3) is 3.11. The van der Waals surface area contributed by atoms with Gasteiger partial charge in [0, 0.05) is 11.1 Å². The van der Waals surface area contributed by atoms with Crippen LogP contribution in [-0.2, 0) is 0 Å². The molecule has 3 rings (SSSR count). The normalized spacial score (nSPS) is 9.90. The highest BCUT2D eigenvalue weighted by molar-refractivity contribution is 7.21. The SMILES string of the molecule is CCC.O=Cc1ccccc1-c1nc2ccccc2s1. The number of fused-ring (bicyclic) bond motifs is 1. The lowest BCUT2D eigenvalue weighted by atomic mass is 10.1. The maximum atomic E-state index is 11.0. The first kappa shape index (κ1) is 14.4. The molecule has 0 bridgehead atoms. The summed E-state index contributed by atoms with van der Waals surface area (Å²) in [5.74, 6) is 0. The fourth-order valence-corrected chi connectivity index (χ4v) is 2.79. The van der Waals surface area contributed by atoms with E-state index in [1.165, 1.54) is 6.42 Å². The predicted octanol–water partition coefficient (Wildman–Crippen LogP) is 5.19. The lowest BCUT2D eigenvalue weighted by Crippen LogP contribution is -1.85. The summed E-state index contributed by atoms with van der Waals surface area (Å²) in [5, 5.41) is 0.897. The van der Waals surface area contributed by atoms with Gasteiger partial charge in [-0.2, -0.15) is 0 Å². The zero-order valence-electron chi connectivity index (χ0n) is 11.7. The molecule has 102 valence electrons. The molecular formula is C17H17NOS. The third-order valence-electron chi connectivity index (χ3n) is 2.61. The molecule has 0 amide bonds. The van der Waals surface area contributed by atoms with E-state index in [2.05, 4.69) is 18.8 Å². The summed E-state index contributed by atoms with van der Waals surface area (Å²) in [6, 6.07) is 15.5. The van der Waals surface area contributed by atoms with Gasteiger partial charge in [0.05, 0.1) is 10.2 Å². The van der Waals surface area contributed by atoms with Crippen molar-refractivity contribution in [1.29, 1.82) is 0 Å². The van der Waals surface area contributed by atoms with Crippen molar-refractivity contribution >= 4 is 27.8 Å². The van der Waals surface area contributed by atoms with E-state index in [4.69, 9.17) is 0 Å². The second-order valence-electron chi connectivity index (χ2n) is 4.40. The van der Waals surface area contributed by atoms with Crippen LogP contribution in [0.3, 0.4) is 0 Å². The van der Waals surface area contributed by atoms with Gasteiger partial charge in [-0.25, -0.2) is 4.98 Å². The zero-order valence-corrected chi connectivity index (χ0v) is 12.5. The molecule has 0 aliphatic rings. The molecule has 0 aliphatic heterocycles. The maximum absolute atomic E-state index is 11.0. The summed E-state index contributed by atoms with van der Waals surface area (Å²) < 4.78 is 1.14. The molecule has 1 aromatic heterocycles. The number of carbonyl (C=O) groups excluding carboxylic acids is 1.